The second kappa shape index (κ2) is 8.21. The molecule has 0 spiro atoms. The van der Waals surface area contributed by atoms with Crippen LogP contribution in [0.3, 0.4) is 0 Å². The molecule has 0 bridgehead atoms. The summed E-state index contributed by atoms with van der Waals surface area (Å²) in [5, 5.41) is 8.91. The van der Waals surface area contributed by atoms with Gasteiger partial charge in [-0.05, 0) is 32.0 Å². The fourth-order valence-electron chi connectivity index (χ4n) is 3.57. The van der Waals surface area contributed by atoms with Gasteiger partial charge in [-0.3, -0.25) is 19.4 Å². The van der Waals surface area contributed by atoms with Gasteiger partial charge in [-0.2, -0.15) is 0 Å². The van der Waals surface area contributed by atoms with Crippen molar-refractivity contribution < 1.29 is 14.7 Å². The third-order valence-corrected chi connectivity index (χ3v) is 6.00. The molecule has 2 aliphatic rings. The highest BCUT2D eigenvalue weighted by Gasteiger charge is 2.28. The number of amides is 1. The number of anilines is 1. The molecule has 2 aliphatic heterocycles. The molecule has 7 heteroatoms. The number of carbonyl (C=O) groups excluding carboxylic acids is 1. The summed E-state index contributed by atoms with van der Waals surface area (Å²) in [5.74, 6) is 0.303. The number of rotatable bonds is 5. The van der Waals surface area contributed by atoms with Crippen molar-refractivity contribution in [3.63, 3.8) is 0 Å². The zero-order valence-electron chi connectivity index (χ0n) is 14.6. The summed E-state index contributed by atoms with van der Waals surface area (Å²) in [6.07, 6.45) is 1.81. The summed E-state index contributed by atoms with van der Waals surface area (Å²) >= 11 is 1.80. The molecule has 0 saturated carbocycles. The average Bonchev–Trinajstić information content (AvgIpc) is 2.61. The Balaban J connectivity index is 1.53. The molecule has 6 nitrogen and oxygen atoms in total. The fourth-order valence-corrected chi connectivity index (χ4v) is 4.56. The van der Waals surface area contributed by atoms with Crippen LogP contribution in [0.1, 0.15) is 12.8 Å². The molecular weight excluding hydrogens is 338 g/mol. The molecule has 0 aliphatic carbocycles. The van der Waals surface area contributed by atoms with E-state index in [-0.39, 0.29) is 18.5 Å². The Morgan fingerprint density at radius 2 is 1.96 bits per heavy atom. The number of fused-ring (bicyclic) bond motifs is 1. The van der Waals surface area contributed by atoms with Crippen LogP contribution in [0.5, 0.6) is 0 Å². The first-order valence-corrected chi connectivity index (χ1v) is 9.69. The summed E-state index contributed by atoms with van der Waals surface area (Å²) < 4.78 is 0. The molecule has 1 saturated heterocycles. The molecule has 0 aromatic heterocycles. The van der Waals surface area contributed by atoms with Gasteiger partial charge in [0.25, 0.3) is 0 Å². The quantitative estimate of drug-likeness (QED) is 0.857. The molecule has 1 aromatic rings. The lowest BCUT2D eigenvalue weighted by atomic mass is 10.0. The van der Waals surface area contributed by atoms with Crippen LogP contribution in [0.2, 0.25) is 0 Å². The van der Waals surface area contributed by atoms with E-state index < -0.39 is 5.97 Å². The molecule has 136 valence electrons. The number of thioether (sulfide) groups is 1. The number of likely N-dealkylation sites (N-methyl/N-ethyl adjacent to an activating group) is 1. The number of piperidine rings is 1. The first kappa shape index (κ1) is 18.2. The molecule has 25 heavy (non-hydrogen) atoms. The highest BCUT2D eigenvalue weighted by atomic mass is 32.2. The van der Waals surface area contributed by atoms with Crippen molar-refractivity contribution in [2.75, 3.05) is 50.4 Å². The molecule has 0 atom stereocenters. The number of hydrogen-bond acceptors (Lipinski definition) is 5. The van der Waals surface area contributed by atoms with Crippen LogP contribution in [0.25, 0.3) is 0 Å². The van der Waals surface area contributed by atoms with E-state index in [0.717, 1.165) is 43.9 Å². The number of benzene rings is 1. The number of carboxylic acids is 1. The van der Waals surface area contributed by atoms with Crippen molar-refractivity contribution in [3.8, 4) is 0 Å². The van der Waals surface area contributed by atoms with Gasteiger partial charge in [0.2, 0.25) is 5.91 Å². The van der Waals surface area contributed by atoms with Crippen LogP contribution >= 0.6 is 11.8 Å². The number of carboxylic acid groups (broad SMARTS) is 1. The Kier molecular flexibility index (Phi) is 5.98. The van der Waals surface area contributed by atoms with Crippen molar-refractivity contribution in [2.45, 2.75) is 23.8 Å². The molecule has 0 unspecified atom stereocenters. The number of nitrogens with zero attached hydrogens (tertiary/aromatic N) is 3. The minimum Gasteiger partial charge on any atom is -0.480 e. The number of aliphatic carboxylic acids is 1. The zero-order valence-corrected chi connectivity index (χ0v) is 15.4. The molecular formula is C18H25N3O3S. The lowest BCUT2D eigenvalue weighted by Gasteiger charge is -2.37. The van der Waals surface area contributed by atoms with Gasteiger partial charge in [-0.25, -0.2) is 0 Å². The molecule has 1 fully saturated rings. The van der Waals surface area contributed by atoms with Gasteiger partial charge in [-0.1, -0.05) is 12.1 Å². The largest absolute Gasteiger partial charge is 0.480 e. The Labute approximate surface area is 152 Å². The Morgan fingerprint density at radius 3 is 2.68 bits per heavy atom. The minimum atomic E-state index is -0.790. The third-order valence-electron chi connectivity index (χ3n) is 4.95. The second-order valence-corrected chi connectivity index (χ2v) is 7.81. The topological polar surface area (TPSA) is 64.1 Å². The average molecular weight is 363 g/mol. The molecule has 1 aromatic carbocycles. The van der Waals surface area contributed by atoms with E-state index in [0.29, 0.717) is 6.54 Å². The maximum Gasteiger partial charge on any atom is 0.317 e. The van der Waals surface area contributed by atoms with E-state index in [4.69, 9.17) is 5.11 Å². The van der Waals surface area contributed by atoms with Gasteiger partial charge >= 0.3 is 5.97 Å². The number of likely N-dealkylation sites (tertiary alicyclic amines) is 1. The lowest BCUT2D eigenvalue weighted by Crippen LogP contribution is -2.48. The summed E-state index contributed by atoms with van der Waals surface area (Å²) in [5.41, 5.74) is 1.03. The number of para-hydroxylation sites is 1. The third kappa shape index (κ3) is 4.54. The SMILES string of the molecule is CN(CC(=O)O)C1CCN(CC(=O)N2CCSc3ccccc32)CC1. The monoisotopic (exact) mass is 363 g/mol. The van der Waals surface area contributed by atoms with Crippen molar-refractivity contribution >= 4 is 29.3 Å². The van der Waals surface area contributed by atoms with E-state index in [9.17, 15) is 9.59 Å². The van der Waals surface area contributed by atoms with E-state index in [1.54, 1.807) is 11.8 Å². The summed E-state index contributed by atoms with van der Waals surface area (Å²) in [7, 11) is 1.86. The maximum atomic E-state index is 12.8. The van der Waals surface area contributed by atoms with Gasteiger partial charge in [0.05, 0.1) is 18.8 Å². The first-order chi connectivity index (χ1) is 12.0. The number of hydrogen-bond donors (Lipinski definition) is 1. The molecule has 1 amide bonds. The fraction of sp³-hybridized carbons (Fsp3) is 0.556. The van der Waals surface area contributed by atoms with E-state index in [1.165, 1.54) is 4.90 Å². The normalized spacial score (nSPS) is 19.0. The molecule has 1 N–H and O–H groups in total. The van der Waals surface area contributed by atoms with Gasteiger partial charge in [0.1, 0.15) is 0 Å². The Bertz CT molecular complexity index is 632. The van der Waals surface area contributed by atoms with Crippen molar-refractivity contribution in [3.05, 3.63) is 24.3 Å². The van der Waals surface area contributed by atoms with Crippen LogP contribution in [-0.2, 0) is 9.59 Å². The first-order valence-electron chi connectivity index (χ1n) is 8.71. The van der Waals surface area contributed by atoms with E-state index in [1.807, 2.05) is 35.0 Å². The summed E-state index contributed by atoms with van der Waals surface area (Å²) in [4.78, 5) is 30.8. The predicted octanol–water partition coefficient (Wildman–Crippen LogP) is 1.61. The predicted molar refractivity (Wildman–Crippen MR) is 99.2 cm³/mol. The highest BCUT2D eigenvalue weighted by Crippen LogP contribution is 2.34. The molecule has 0 radical (unpaired) electrons. The highest BCUT2D eigenvalue weighted by molar-refractivity contribution is 7.99. The van der Waals surface area contributed by atoms with Gasteiger partial charge in [-0.15, -0.1) is 11.8 Å². The second-order valence-electron chi connectivity index (χ2n) is 6.68. The zero-order chi connectivity index (χ0) is 17.8. The number of carbonyl (C=O) groups is 2. The van der Waals surface area contributed by atoms with Crippen molar-refractivity contribution in [2.24, 2.45) is 0 Å². The maximum absolute atomic E-state index is 12.8. The van der Waals surface area contributed by atoms with Gasteiger partial charge in [0, 0.05) is 36.3 Å². The smallest absolute Gasteiger partial charge is 0.317 e. The van der Waals surface area contributed by atoms with Crippen molar-refractivity contribution in [1.29, 1.82) is 0 Å². The van der Waals surface area contributed by atoms with Crippen LogP contribution in [0.4, 0.5) is 5.69 Å². The van der Waals surface area contributed by atoms with Crippen LogP contribution < -0.4 is 4.90 Å². The summed E-state index contributed by atoms with van der Waals surface area (Å²) in [6.45, 7) is 2.95. The van der Waals surface area contributed by atoms with Crippen LogP contribution in [0.15, 0.2) is 29.2 Å². The van der Waals surface area contributed by atoms with Crippen LogP contribution in [-0.4, -0.2) is 78.3 Å². The lowest BCUT2D eigenvalue weighted by molar-refractivity contribution is -0.138. The van der Waals surface area contributed by atoms with E-state index in [2.05, 4.69) is 11.0 Å². The van der Waals surface area contributed by atoms with E-state index >= 15 is 0 Å². The minimum absolute atomic E-state index is 0.0752. The molecule has 2 heterocycles. The van der Waals surface area contributed by atoms with Crippen molar-refractivity contribution in [1.82, 2.24) is 9.80 Å². The summed E-state index contributed by atoms with van der Waals surface area (Å²) in [6, 6.07) is 8.37. The standard InChI is InChI=1S/C18H25N3O3S/c1-19(13-18(23)24)14-6-8-20(9-7-14)12-17(22)21-10-11-25-16-5-3-2-4-15(16)21/h2-5,14H,6-13H2,1H3,(H,23,24). The van der Waals surface area contributed by atoms with Gasteiger partial charge < -0.3 is 10.0 Å². The Morgan fingerprint density at radius 1 is 1.24 bits per heavy atom. The van der Waals surface area contributed by atoms with Crippen LogP contribution in [0, 0.1) is 0 Å². The van der Waals surface area contributed by atoms with Gasteiger partial charge in [0.15, 0.2) is 0 Å². The Hall–Kier alpha value is -1.57. The molecule has 3 rings (SSSR count).